The summed E-state index contributed by atoms with van der Waals surface area (Å²) in [6.45, 7) is 3.03. The Bertz CT molecular complexity index is 620. The zero-order chi connectivity index (χ0) is 17.0. The van der Waals surface area contributed by atoms with Crippen molar-refractivity contribution in [2.45, 2.75) is 20.0 Å². The van der Waals surface area contributed by atoms with Crippen molar-refractivity contribution < 1.29 is 22.8 Å². The maximum Gasteiger partial charge on any atom is 0.416 e. The Balaban J connectivity index is 2.70. The van der Waals surface area contributed by atoms with Crippen molar-refractivity contribution in [3.63, 3.8) is 0 Å². The lowest BCUT2D eigenvalue weighted by molar-refractivity contribution is -0.137. The molecule has 0 radical (unpaired) electrons. The van der Waals surface area contributed by atoms with Gasteiger partial charge in [0.25, 0.3) is 0 Å². The van der Waals surface area contributed by atoms with Gasteiger partial charge in [-0.2, -0.15) is 18.4 Å². The largest absolute Gasteiger partial charge is 0.416 e. The van der Waals surface area contributed by atoms with Gasteiger partial charge in [0.05, 0.1) is 17.0 Å². The van der Waals surface area contributed by atoms with Crippen LogP contribution < -0.4 is 10.6 Å². The van der Waals surface area contributed by atoms with E-state index >= 15 is 0 Å². The highest BCUT2D eigenvalue weighted by Crippen LogP contribution is 2.29. The molecule has 6 nitrogen and oxygen atoms in total. The summed E-state index contributed by atoms with van der Waals surface area (Å²) in [5.41, 5.74) is -1.87. The minimum atomic E-state index is -4.58. The molecule has 2 amide bonds. The molecule has 9 heteroatoms. The summed E-state index contributed by atoms with van der Waals surface area (Å²) in [5.74, 6) is -2.63. The molecule has 0 aliphatic rings. The smallest absolute Gasteiger partial charge is 0.346 e. The summed E-state index contributed by atoms with van der Waals surface area (Å²) in [5, 5.41) is 12.9. The Hall–Kier alpha value is -2.63. The first-order valence-corrected chi connectivity index (χ1v) is 6.09. The zero-order valence-corrected chi connectivity index (χ0v) is 11.8. The Kier molecular flexibility index (Phi) is 5.09. The molecule has 0 saturated heterocycles. The molecular weight excluding hydrogens is 301 g/mol. The van der Waals surface area contributed by atoms with Crippen LogP contribution in [-0.4, -0.2) is 23.3 Å². The van der Waals surface area contributed by atoms with Crippen molar-refractivity contribution in [2.24, 2.45) is 5.41 Å². The number of carbonyl (C=O) groups excluding carboxylic acids is 2. The standard InChI is InChI=1S/C13H13F3N4O2/c1-12(2,6-17)7-19-10(21)11(22)20-9-5-8(3-4-18-9)13(14,15)16/h3-5H,7H2,1-2H3,(H,19,21)(H,18,20,22). The number of nitrogens with zero attached hydrogens (tertiary/aromatic N) is 2. The number of alkyl halides is 3. The number of hydrogen-bond acceptors (Lipinski definition) is 4. The molecular formula is C13H13F3N4O2. The van der Waals surface area contributed by atoms with Gasteiger partial charge < -0.3 is 10.6 Å². The normalized spacial score (nSPS) is 11.5. The van der Waals surface area contributed by atoms with Crippen LogP contribution in [0.5, 0.6) is 0 Å². The Labute approximate surface area is 124 Å². The van der Waals surface area contributed by atoms with E-state index < -0.39 is 34.8 Å². The fraction of sp³-hybridized carbons (Fsp3) is 0.385. The SMILES string of the molecule is CC(C)(C#N)CNC(=O)C(=O)Nc1cc(C(F)(F)F)ccn1. The molecule has 1 aromatic heterocycles. The van der Waals surface area contributed by atoms with E-state index in [1.807, 2.05) is 11.4 Å². The number of aromatic nitrogens is 1. The molecule has 0 aliphatic heterocycles. The molecule has 0 atom stereocenters. The van der Waals surface area contributed by atoms with Crippen LogP contribution >= 0.6 is 0 Å². The predicted octanol–water partition coefficient (Wildman–Crippen LogP) is 1.70. The van der Waals surface area contributed by atoms with E-state index in [4.69, 9.17) is 5.26 Å². The lowest BCUT2D eigenvalue weighted by atomic mass is 9.96. The number of halogens is 3. The number of hydrogen-bond donors (Lipinski definition) is 2. The lowest BCUT2D eigenvalue weighted by Gasteiger charge is -2.15. The van der Waals surface area contributed by atoms with Crippen molar-refractivity contribution >= 4 is 17.6 Å². The summed E-state index contributed by atoms with van der Waals surface area (Å²) in [6, 6.07) is 3.28. The first-order chi connectivity index (χ1) is 10.0. The third-order valence-corrected chi connectivity index (χ3v) is 2.53. The van der Waals surface area contributed by atoms with Crippen LogP contribution in [0.15, 0.2) is 18.3 Å². The third-order valence-electron chi connectivity index (χ3n) is 2.53. The van der Waals surface area contributed by atoms with Crippen molar-refractivity contribution in [1.29, 1.82) is 5.26 Å². The zero-order valence-electron chi connectivity index (χ0n) is 11.8. The van der Waals surface area contributed by atoms with Crippen molar-refractivity contribution in [3.8, 4) is 6.07 Å². The fourth-order valence-electron chi connectivity index (χ4n) is 1.27. The molecule has 0 aliphatic carbocycles. The van der Waals surface area contributed by atoms with Gasteiger partial charge in [0, 0.05) is 12.7 Å². The molecule has 0 bridgehead atoms. The van der Waals surface area contributed by atoms with E-state index in [2.05, 4.69) is 10.3 Å². The Morgan fingerprint density at radius 3 is 2.50 bits per heavy atom. The van der Waals surface area contributed by atoms with Crippen molar-refractivity contribution in [1.82, 2.24) is 10.3 Å². The van der Waals surface area contributed by atoms with Gasteiger partial charge in [-0.05, 0) is 26.0 Å². The van der Waals surface area contributed by atoms with Crippen LogP contribution in [0.1, 0.15) is 19.4 Å². The van der Waals surface area contributed by atoms with Gasteiger partial charge in [0.15, 0.2) is 0 Å². The number of rotatable bonds is 3. The number of pyridine rings is 1. The van der Waals surface area contributed by atoms with E-state index in [1.165, 1.54) is 0 Å². The van der Waals surface area contributed by atoms with Crippen molar-refractivity contribution in [3.05, 3.63) is 23.9 Å². The molecule has 22 heavy (non-hydrogen) atoms. The van der Waals surface area contributed by atoms with Crippen LogP contribution in [0.3, 0.4) is 0 Å². The van der Waals surface area contributed by atoms with Gasteiger partial charge in [-0.3, -0.25) is 9.59 Å². The maximum atomic E-state index is 12.5. The first-order valence-electron chi connectivity index (χ1n) is 6.09. The Morgan fingerprint density at radius 1 is 1.32 bits per heavy atom. The molecule has 0 aromatic carbocycles. The number of nitrogens with one attached hydrogen (secondary N) is 2. The van der Waals surface area contributed by atoms with Crippen LogP contribution in [0.2, 0.25) is 0 Å². The number of anilines is 1. The second kappa shape index (κ2) is 6.43. The van der Waals surface area contributed by atoms with Crippen LogP contribution in [-0.2, 0) is 15.8 Å². The lowest BCUT2D eigenvalue weighted by Crippen LogP contribution is -2.40. The number of amides is 2. The summed E-state index contributed by atoms with van der Waals surface area (Å²) >= 11 is 0. The van der Waals surface area contributed by atoms with Crippen LogP contribution in [0, 0.1) is 16.7 Å². The molecule has 0 saturated carbocycles. The second-order valence-electron chi connectivity index (χ2n) is 5.06. The molecule has 1 rings (SSSR count). The van der Waals surface area contributed by atoms with Gasteiger partial charge in [-0.1, -0.05) is 0 Å². The Morgan fingerprint density at radius 2 is 1.95 bits per heavy atom. The van der Waals surface area contributed by atoms with E-state index in [0.29, 0.717) is 6.07 Å². The highest BCUT2D eigenvalue weighted by molar-refractivity contribution is 6.39. The third kappa shape index (κ3) is 5.05. The summed E-state index contributed by atoms with van der Waals surface area (Å²) in [4.78, 5) is 26.6. The quantitative estimate of drug-likeness (QED) is 0.830. The molecule has 0 spiro atoms. The molecule has 1 heterocycles. The minimum absolute atomic E-state index is 0.0776. The predicted molar refractivity (Wildman–Crippen MR) is 70.3 cm³/mol. The molecule has 1 aromatic rings. The summed E-state index contributed by atoms with van der Waals surface area (Å²) in [6.07, 6.45) is -3.71. The van der Waals surface area contributed by atoms with Crippen molar-refractivity contribution in [2.75, 3.05) is 11.9 Å². The fourth-order valence-corrected chi connectivity index (χ4v) is 1.27. The minimum Gasteiger partial charge on any atom is -0.346 e. The average Bonchev–Trinajstić information content (AvgIpc) is 2.44. The first kappa shape index (κ1) is 17.4. The molecule has 118 valence electrons. The average molecular weight is 314 g/mol. The molecule has 0 fully saturated rings. The van der Waals surface area contributed by atoms with Crippen LogP contribution in [0.25, 0.3) is 0 Å². The highest BCUT2D eigenvalue weighted by atomic mass is 19.4. The monoisotopic (exact) mass is 314 g/mol. The second-order valence-corrected chi connectivity index (χ2v) is 5.06. The summed E-state index contributed by atoms with van der Waals surface area (Å²) in [7, 11) is 0. The van der Waals surface area contributed by atoms with E-state index in [-0.39, 0.29) is 6.54 Å². The maximum absolute atomic E-state index is 12.5. The van der Waals surface area contributed by atoms with Gasteiger partial charge in [0.1, 0.15) is 5.82 Å². The molecule has 2 N–H and O–H groups in total. The number of nitriles is 1. The van der Waals surface area contributed by atoms with Gasteiger partial charge in [0.2, 0.25) is 0 Å². The number of carbonyl (C=O) groups is 2. The van der Waals surface area contributed by atoms with E-state index in [0.717, 1.165) is 12.3 Å². The highest BCUT2D eigenvalue weighted by Gasteiger charge is 2.31. The van der Waals surface area contributed by atoms with Gasteiger partial charge in [-0.25, -0.2) is 4.98 Å². The van der Waals surface area contributed by atoms with Gasteiger partial charge in [-0.15, -0.1) is 0 Å². The van der Waals surface area contributed by atoms with E-state index in [1.54, 1.807) is 13.8 Å². The van der Waals surface area contributed by atoms with Gasteiger partial charge >= 0.3 is 18.0 Å². The topological polar surface area (TPSA) is 94.9 Å². The molecule has 0 unspecified atom stereocenters. The van der Waals surface area contributed by atoms with Crippen LogP contribution in [0.4, 0.5) is 19.0 Å². The summed E-state index contributed by atoms with van der Waals surface area (Å²) < 4.78 is 37.5. The van der Waals surface area contributed by atoms with E-state index in [9.17, 15) is 22.8 Å².